The minimum absolute atomic E-state index is 0.105. The summed E-state index contributed by atoms with van der Waals surface area (Å²) in [5, 5.41) is 2.66. The van der Waals surface area contributed by atoms with Crippen molar-refractivity contribution >= 4 is 35.1 Å². The zero-order valence-corrected chi connectivity index (χ0v) is 12.7. The first-order valence-electron chi connectivity index (χ1n) is 6.52. The van der Waals surface area contributed by atoms with Crippen LogP contribution < -0.4 is 5.32 Å². The molecule has 2 aliphatic rings. The molecule has 7 heteroatoms. The van der Waals surface area contributed by atoms with E-state index in [2.05, 4.69) is 5.32 Å². The molecule has 1 N–H and O–H groups in total. The van der Waals surface area contributed by atoms with E-state index in [0.717, 1.165) is 4.90 Å². The second-order valence-electron chi connectivity index (χ2n) is 5.64. The van der Waals surface area contributed by atoms with Gasteiger partial charge in [-0.1, -0.05) is 12.1 Å². The van der Waals surface area contributed by atoms with Gasteiger partial charge in [-0.2, -0.15) is 0 Å². The van der Waals surface area contributed by atoms with Gasteiger partial charge in [0.1, 0.15) is 15.7 Å². The molecule has 1 aromatic carbocycles. The number of alkyl halides is 2. The number of urea groups is 1. The van der Waals surface area contributed by atoms with E-state index in [1.807, 2.05) is 0 Å². The fraction of sp³-hybridized carbons (Fsp3) is 0.429. The summed E-state index contributed by atoms with van der Waals surface area (Å²) in [5.74, 6) is -0.885. The van der Waals surface area contributed by atoms with E-state index >= 15 is 0 Å². The molecule has 3 amide bonds. The average Bonchev–Trinajstić information content (AvgIpc) is 2.95. The van der Waals surface area contributed by atoms with Gasteiger partial charge in [-0.05, 0) is 31.0 Å². The van der Waals surface area contributed by atoms with Gasteiger partial charge >= 0.3 is 6.03 Å². The first-order valence-corrected chi connectivity index (χ1v) is 7.27. The highest BCUT2D eigenvalue weighted by atomic mass is 35.5. The molecule has 2 fully saturated rings. The highest BCUT2D eigenvalue weighted by Crippen LogP contribution is 2.53. The predicted octanol–water partition coefficient (Wildman–Crippen LogP) is 2.79. The van der Waals surface area contributed by atoms with Gasteiger partial charge in [-0.3, -0.25) is 9.69 Å². The summed E-state index contributed by atoms with van der Waals surface area (Å²) in [7, 11) is 0. The molecule has 3 rings (SSSR count). The Hall–Kier alpha value is -1.33. The maximum absolute atomic E-state index is 13.0. The molecule has 1 aliphatic heterocycles. The Bertz CT molecular complexity index is 620. The fourth-order valence-corrected chi connectivity index (χ4v) is 3.04. The van der Waals surface area contributed by atoms with Gasteiger partial charge < -0.3 is 5.32 Å². The maximum Gasteiger partial charge on any atom is 0.325 e. The van der Waals surface area contributed by atoms with Gasteiger partial charge in [-0.15, -0.1) is 23.2 Å². The molecule has 4 nitrogen and oxygen atoms in total. The van der Waals surface area contributed by atoms with Crippen LogP contribution in [0.25, 0.3) is 0 Å². The summed E-state index contributed by atoms with van der Waals surface area (Å²) < 4.78 is 12.2. The number of benzene rings is 1. The van der Waals surface area contributed by atoms with Crippen molar-refractivity contribution in [3.63, 3.8) is 0 Å². The molecular weight excluding hydrogens is 318 g/mol. The number of carbonyl (C=O) groups is 2. The molecular formula is C14H13Cl2FN2O2. The smallest absolute Gasteiger partial charge is 0.319 e. The van der Waals surface area contributed by atoms with Crippen molar-refractivity contribution in [2.24, 2.45) is 5.92 Å². The van der Waals surface area contributed by atoms with Crippen LogP contribution >= 0.6 is 23.2 Å². The number of amides is 3. The van der Waals surface area contributed by atoms with Gasteiger partial charge in [0.05, 0.1) is 0 Å². The fourth-order valence-electron chi connectivity index (χ4n) is 2.53. The van der Waals surface area contributed by atoms with Crippen LogP contribution in [0, 0.1) is 11.7 Å². The summed E-state index contributed by atoms with van der Waals surface area (Å²) in [4.78, 5) is 25.7. The number of nitrogens with zero attached hydrogens (tertiary/aromatic N) is 1. The minimum atomic E-state index is -1.19. The number of carbonyl (C=O) groups excluding carboxylic acids is 2. The third-order valence-electron chi connectivity index (χ3n) is 4.06. The number of halogens is 3. The van der Waals surface area contributed by atoms with Crippen molar-refractivity contribution in [1.29, 1.82) is 0 Å². The van der Waals surface area contributed by atoms with Crippen LogP contribution in [0.15, 0.2) is 24.3 Å². The zero-order chi connectivity index (χ0) is 15.4. The molecule has 0 spiro atoms. The van der Waals surface area contributed by atoms with Crippen LogP contribution in [0.3, 0.4) is 0 Å². The predicted molar refractivity (Wildman–Crippen MR) is 76.5 cm³/mol. The summed E-state index contributed by atoms with van der Waals surface area (Å²) in [6.45, 7) is 1.79. The van der Waals surface area contributed by atoms with Crippen LogP contribution in [0.4, 0.5) is 9.18 Å². The maximum atomic E-state index is 13.0. The molecule has 1 heterocycles. The van der Waals surface area contributed by atoms with E-state index in [4.69, 9.17) is 23.2 Å². The zero-order valence-electron chi connectivity index (χ0n) is 11.2. The van der Waals surface area contributed by atoms with E-state index in [1.54, 1.807) is 6.92 Å². The summed E-state index contributed by atoms with van der Waals surface area (Å²) in [6, 6.07) is 5.00. The summed E-state index contributed by atoms with van der Waals surface area (Å²) >= 11 is 11.9. The van der Waals surface area contributed by atoms with Crippen molar-refractivity contribution in [1.82, 2.24) is 10.2 Å². The number of hydrogen-bond acceptors (Lipinski definition) is 2. The molecule has 1 aromatic rings. The van der Waals surface area contributed by atoms with E-state index < -0.39 is 21.7 Å². The SMILES string of the molecule is CC1(c2ccc(F)cc2)NC(=O)N(CC2CC2(Cl)Cl)C1=O. The van der Waals surface area contributed by atoms with Crippen LogP contribution in [-0.4, -0.2) is 27.7 Å². The molecule has 2 atom stereocenters. The first kappa shape index (κ1) is 14.6. The minimum Gasteiger partial charge on any atom is -0.319 e. The molecule has 0 bridgehead atoms. The summed E-state index contributed by atoms with van der Waals surface area (Å²) in [6.07, 6.45) is 0.556. The largest absolute Gasteiger partial charge is 0.325 e. The quantitative estimate of drug-likeness (QED) is 0.684. The van der Waals surface area contributed by atoms with E-state index in [-0.39, 0.29) is 18.4 Å². The van der Waals surface area contributed by atoms with Crippen LogP contribution in [0.1, 0.15) is 18.9 Å². The third-order valence-corrected chi connectivity index (χ3v) is 4.98. The molecule has 21 heavy (non-hydrogen) atoms. The lowest BCUT2D eigenvalue weighted by Gasteiger charge is -2.22. The van der Waals surface area contributed by atoms with Gasteiger partial charge in [0.2, 0.25) is 0 Å². The lowest BCUT2D eigenvalue weighted by Crippen LogP contribution is -2.41. The lowest BCUT2D eigenvalue weighted by atomic mass is 9.92. The van der Waals surface area contributed by atoms with Gasteiger partial charge in [0.25, 0.3) is 5.91 Å². The topological polar surface area (TPSA) is 49.4 Å². The molecule has 112 valence electrons. The second-order valence-corrected chi connectivity index (χ2v) is 7.18. The standard InChI is InChI=1S/C14H13Cl2FN2O2/c1-13(8-2-4-10(17)5-3-8)11(20)19(12(21)18-13)7-9-6-14(9,15)16/h2-5,9H,6-7H2,1H3,(H,18,21). The normalized spacial score (nSPS) is 30.5. The summed E-state index contributed by atoms with van der Waals surface area (Å²) in [5.41, 5.74) is -0.662. The highest BCUT2D eigenvalue weighted by molar-refractivity contribution is 6.50. The Morgan fingerprint density at radius 3 is 2.43 bits per heavy atom. The van der Waals surface area contributed by atoms with Crippen LogP contribution in [0.2, 0.25) is 0 Å². The van der Waals surface area contributed by atoms with Gasteiger partial charge in [0, 0.05) is 12.5 Å². The highest BCUT2D eigenvalue weighted by Gasteiger charge is 2.56. The van der Waals surface area contributed by atoms with Crippen molar-refractivity contribution in [3.05, 3.63) is 35.6 Å². The first-order chi connectivity index (χ1) is 9.74. The molecule has 0 aromatic heterocycles. The molecule has 1 saturated carbocycles. The third kappa shape index (κ3) is 2.38. The van der Waals surface area contributed by atoms with Gasteiger partial charge in [0.15, 0.2) is 0 Å². The number of rotatable bonds is 3. The van der Waals surface area contributed by atoms with E-state index in [9.17, 15) is 14.0 Å². The number of hydrogen-bond donors (Lipinski definition) is 1. The van der Waals surface area contributed by atoms with E-state index in [0.29, 0.717) is 12.0 Å². The van der Waals surface area contributed by atoms with Gasteiger partial charge in [-0.25, -0.2) is 9.18 Å². The number of imide groups is 1. The van der Waals surface area contributed by atoms with Crippen molar-refractivity contribution < 1.29 is 14.0 Å². The molecule has 2 unspecified atom stereocenters. The molecule has 0 radical (unpaired) electrons. The average molecular weight is 331 g/mol. The van der Waals surface area contributed by atoms with Crippen molar-refractivity contribution in [2.75, 3.05) is 6.54 Å². The monoisotopic (exact) mass is 330 g/mol. The van der Waals surface area contributed by atoms with Crippen LogP contribution in [-0.2, 0) is 10.3 Å². The Kier molecular flexibility index (Phi) is 3.19. The second kappa shape index (κ2) is 4.58. The Morgan fingerprint density at radius 2 is 1.90 bits per heavy atom. The Labute approximate surface area is 131 Å². The Balaban J connectivity index is 1.83. The molecule has 1 saturated heterocycles. The number of nitrogens with one attached hydrogen (secondary N) is 1. The lowest BCUT2D eigenvalue weighted by molar-refractivity contribution is -0.131. The van der Waals surface area contributed by atoms with Crippen molar-refractivity contribution in [2.45, 2.75) is 23.2 Å². The van der Waals surface area contributed by atoms with E-state index in [1.165, 1.54) is 24.3 Å². The van der Waals surface area contributed by atoms with Crippen LogP contribution in [0.5, 0.6) is 0 Å². The van der Waals surface area contributed by atoms with Crippen molar-refractivity contribution in [3.8, 4) is 0 Å². The Morgan fingerprint density at radius 1 is 1.33 bits per heavy atom. The molecule has 1 aliphatic carbocycles.